The SMILES string of the molecule is CC(C)OCC(O)CN1CCCC(N2CCCC2=O)C1. The summed E-state index contributed by atoms with van der Waals surface area (Å²) in [7, 11) is 0. The summed E-state index contributed by atoms with van der Waals surface area (Å²) in [5.41, 5.74) is 0. The summed E-state index contributed by atoms with van der Waals surface area (Å²) in [5, 5.41) is 10.0. The van der Waals surface area contributed by atoms with Crippen LogP contribution in [-0.2, 0) is 9.53 Å². The molecule has 2 aliphatic heterocycles. The zero-order valence-electron chi connectivity index (χ0n) is 12.8. The normalized spacial score (nSPS) is 26.5. The number of amides is 1. The molecule has 0 bridgehead atoms. The van der Waals surface area contributed by atoms with E-state index in [1.165, 1.54) is 0 Å². The number of aliphatic hydroxyl groups excluding tert-OH is 1. The first-order chi connectivity index (χ1) is 9.56. The molecule has 5 heteroatoms. The maximum absolute atomic E-state index is 11.8. The van der Waals surface area contributed by atoms with Crippen molar-refractivity contribution in [3.63, 3.8) is 0 Å². The molecule has 116 valence electrons. The summed E-state index contributed by atoms with van der Waals surface area (Å²) < 4.78 is 5.45. The number of nitrogens with zero attached hydrogens (tertiary/aromatic N) is 2. The number of rotatable bonds is 6. The number of ether oxygens (including phenoxy) is 1. The summed E-state index contributed by atoms with van der Waals surface area (Å²) in [4.78, 5) is 16.1. The van der Waals surface area contributed by atoms with Crippen molar-refractivity contribution < 1.29 is 14.6 Å². The molecule has 2 atom stereocenters. The topological polar surface area (TPSA) is 53.0 Å². The van der Waals surface area contributed by atoms with Gasteiger partial charge in [0.15, 0.2) is 0 Å². The average molecular weight is 284 g/mol. The van der Waals surface area contributed by atoms with E-state index >= 15 is 0 Å². The predicted octanol–water partition coefficient (Wildman–Crippen LogP) is 0.859. The second-order valence-corrected chi connectivity index (χ2v) is 6.28. The van der Waals surface area contributed by atoms with Gasteiger partial charge in [0, 0.05) is 32.1 Å². The van der Waals surface area contributed by atoms with Gasteiger partial charge in [0.1, 0.15) is 0 Å². The smallest absolute Gasteiger partial charge is 0.222 e. The number of carbonyl (C=O) groups is 1. The van der Waals surface area contributed by atoms with E-state index in [1.54, 1.807) is 0 Å². The van der Waals surface area contributed by atoms with Gasteiger partial charge in [-0.1, -0.05) is 0 Å². The lowest BCUT2D eigenvalue weighted by molar-refractivity contribution is -0.130. The van der Waals surface area contributed by atoms with Crippen molar-refractivity contribution in [3.8, 4) is 0 Å². The molecule has 20 heavy (non-hydrogen) atoms. The first kappa shape index (κ1) is 15.7. The fourth-order valence-electron chi connectivity index (χ4n) is 3.16. The van der Waals surface area contributed by atoms with Gasteiger partial charge in [0.05, 0.1) is 18.8 Å². The number of aliphatic hydroxyl groups is 1. The molecular weight excluding hydrogens is 256 g/mol. The fourth-order valence-corrected chi connectivity index (χ4v) is 3.16. The summed E-state index contributed by atoms with van der Waals surface area (Å²) in [5.74, 6) is 0.306. The highest BCUT2D eigenvalue weighted by Crippen LogP contribution is 2.21. The standard InChI is InChI=1S/C15H28N2O3/c1-12(2)20-11-14(18)10-16-7-3-5-13(9-16)17-8-4-6-15(17)19/h12-14,18H,3-11H2,1-2H3. The molecule has 0 aromatic rings. The van der Waals surface area contributed by atoms with Gasteiger partial charge in [-0.05, 0) is 39.7 Å². The lowest BCUT2D eigenvalue weighted by Crippen LogP contribution is -2.50. The van der Waals surface area contributed by atoms with Crippen LogP contribution in [0, 0.1) is 0 Å². The molecule has 2 saturated heterocycles. The number of carbonyl (C=O) groups excluding carboxylic acids is 1. The van der Waals surface area contributed by atoms with Crippen LogP contribution in [-0.4, -0.2) is 71.8 Å². The quantitative estimate of drug-likeness (QED) is 0.786. The Morgan fingerprint density at radius 1 is 1.35 bits per heavy atom. The Balaban J connectivity index is 1.76. The molecule has 2 unspecified atom stereocenters. The van der Waals surface area contributed by atoms with Gasteiger partial charge in [0.2, 0.25) is 5.91 Å². The van der Waals surface area contributed by atoms with Crippen LogP contribution in [0.4, 0.5) is 0 Å². The molecule has 2 aliphatic rings. The first-order valence-corrected chi connectivity index (χ1v) is 7.87. The number of piperidine rings is 1. The summed E-state index contributed by atoms with van der Waals surface area (Å²) in [6, 6.07) is 0.344. The van der Waals surface area contributed by atoms with Crippen LogP contribution in [0.15, 0.2) is 0 Å². The maximum atomic E-state index is 11.8. The summed E-state index contributed by atoms with van der Waals surface area (Å²) in [6.45, 7) is 7.80. The number of β-amino-alcohol motifs (C(OH)–C–C–N with tert-alkyl or cyclic N) is 1. The highest BCUT2D eigenvalue weighted by atomic mass is 16.5. The molecule has 0 saturated carbocycles. The molecule has 2 rings (SSSR count). The van der Waals surface area contributed by atoms with E-state index < -0.39 is 6.10 Å². The third-order valence-electron chi connectivity index (χ3n) is 4.12. The molecule has 5 nitrogen and oxygen atoms in total. The van der Waals surface area contributed by atoms with Crippen molar-refractivity contribution in [3.05, 3.63) is 0 Å². The van der Waals surface area contributed by atoms with Crippen molar-refractivity contribution in [2.45, 2.75) is 57.8 Å². The van der Waals surface area contributed by atoms with E-state index in [1.807, 2.05) is 18.7 Å². The predicted molar refractivity (Wildman–Crippen MR) is 77.5 cm³/mol. The van der Waals surface area contributed by atoms with Crippen LogP contribution in [0.3, 0.4) is 0 Å². The molecule has 1 amide bonds. The lowest BCUT2D eigenvalue weighted by atomic mass is 10.0. The Morgan fingerprint density at radius 2 is 2.15 bits per heavy atom. The van der Waals surface area contributed by atoms with Crippen molar-refractivity contribution in [2.75, 3.05) is 32.8 Å². The molecule has 2 heterocycles. The van der Waals surface area contributed by atoms with Gasteiger partial charge in [-0.25, -0.2) is 0 Å². The maximum Gasteiger partial charge on any atom is 0.222 e. The fraction of sp³-hybridized carbons (Fsp3) is 0.933. The highest BCUT2D eigenvalue weighted by Gasteiger charge is 2.31. The third kappa shape index (κ3) is 4.43. The Hall–Kier alpha value is -0.650. The zero-order valence-corrected chi connectivity index (χ0v) is 12.8. The Labute approximate surface area is 121 Å². The van der Waals surface area contributed by atoms with Crippen LogP contribution in [0.5, 0.6) is 0 Å². The largest absolute Gasteiger partial charge is 0.389 e. The van der Waals surface area contributed by atoms with Crippen molar-refractivity contribution >= 4 is 5.91 Å². The molecule has 0 aromatic heterocycles. The van der Waals surface area contributed by atoms with Gasteiger partial charge in [-0.3, -0.25) is 9.69 Å². The Morgan fingerprint density at radius 3 is 2.80 bits per heavy atom. The van der Waals surface area contributed by atoms with E-state index in [4.69, 9.17) is 4.74 Å². The van der Waals surface area contributed by atoms with Crippen molar-refractivity contribution in [1.82, 2.24) is 9.80 Å². The lowest BCUT2D eigenvalue weighted by Gasteiger charge is -2.38. The minimum atomic E-state index is -0.439. The minimum Gasteiger partial charge on any atom is -0.389 e. The van der Waals surface area contributed by atoms with Crippen LogP contribution < -0.4 is 0 Å². The summed E-state index contributed by atoms with van der Waals surface area (Å²) in [6.07, 6.45) is 3.63. The first-order valence-electron chi connectivity index (χ1n) is 7.87. The van der Waals surface area contributed by atoms with E-state index in [9.17, 15) is 9.90 Å². The van der Waals surface area contributed by atoms with E-state index in [2.05, 4.69) is 4.90 Å². The van der Waals surface area contributed by atoms with E-state index in [-0.39, 0.29) is 6.10 Å². The second-order valence-electron chi connectivity index (χ2n) is 6.28. The molecule has 0 radical (unpaired) electrons. The van der Waals surface area contributed by atoms with Gasteiger partial charge in [0.25, 0.3) is 0 Å². The van der Waals surface area contributed by atoms with Gasteiger partial charge < -0.3 is 14.7 Å². The summed E-state index contributed by atoms with van der Waals surface area (Å²) >= 11 is 0. The second kappa shape index (κ2) is 7.38. The van der Waals surface area contributed by atoms with E-state index in [0.717, 1.165) is 38.9 Å². The van der Waals surface area contributed by atoms with Crippen molar-refractivity contribution in [1.29, 1.82) is 0 Å². The Bertz CT molecular complexity index is 322. The molecule has 0 aliphatic carbocycles. The van der Waals surface area contributed by atoms with Crippen LogP contribution in [0.1, 0.15) is 39.5 Å². The molecular formula is C15H28N2O3. The molecule has 0 spiro atoms. The average Bonchev–Trinajstić information content (AvgIpc) is 2.83. The van der Waals surface area contributed by atoms with Crippen LogP contribution in [0.25, 0.3) is 0 Å². The molecule has 1 N–H and O–H groups in total. The van der Waals surface area contributed by atoms with Gasteiger partial charge >= 0.3 is 0 Å². The van der Waals surface area contributed by atoms with Crippen LogP contribution in [0.2, 0.25) is 0 Å². The van der Waals surface area contributed by atoms with Crippen molar-refractivity contribution in [2.24, 2.45) is 0 Å². The number of hydrogen-bond acceptors (Lipinski definition) is 4. The minimum absolute atomic E-state index is 0.154. The Kier molecular flexibility index (Phi) is 5.81. The number of hydrogen-bond donors (Lipinski definition) is 1. The molecule has 0 aromatic carbocycles. The van der Waals surface area contributed by atoms with Gasteiger partial charge in [-0.2, -0.15) is 0 Å². The third-order valence-corrected chi connectivity index (χ3v) is 4.12. The van der Waals surface area contributed by atoms with Crippen LogP contribution >= 0.6 is 0 Å². The monoisotopic (exact) mass is 284 g/mol. The zero-order chi connectivity index (χ0) is 14.5. The van der Waals surface area contributed by atoms with Gasteiger partial charge in [-0.15, -0.1) is 0 Å². The highest BCUT2D eigenvalue weighted by molar-refractivity contribution is 5.78. The molecule has 2 fully saturated rings. The number of likely N-dealkylation sites (tertiary alicyclic amines) is 2. The van der Waals surface area contributed by atoms with E-state index in [0.29, 0.717) is 31.5 Å².